The highest BCUT2D eigenvalue weighted by Gasteiger charge is 2.41. The largest absolute Gasteiger partial charge is 0.351 e. The van der Waals surface area contributed by atoms with E-state index in [9.17, 15) is 9.59 Å². The van der Waals surface area contributed by atoms with E-state index in [4.69, 9.17) is 5.73 Å². The van der Waals surface area contributed by atoms with E-state index in [2.05, 4.69) is 19.1 Å². The van der Waals surface area contributed by atoms with Crippen LogP contribution >= 0.6 is 0 Å². The molecule has 2 heterocycles. The Kier molecular flexibility index (Phi) is 3.71. The van der Waals surface area contributed by atoms with Gasteiger partial charge in [-0.25, -0.2) is 4.79 Å². The molecule has 0 aliphatic carbocycles. The molecule has 1 unspecified atom stereocenters. The van der Waals surface area contributed by atoms with Crippen molar-refractivity contribution in [1.82, 2.24) is 9.80 Å². The molecule has 0 fully saturated rings. The molecule has 2 N–H and O–H groups in total. The van der Waals surface area contributed by atoms with E-state index < -0.39 is 12.1 Å². The first-order valence-corrected chi connectivity index (χ1v) is 8.57. The maximum Gasteiger partial charge on any atom is 0.316 e. The van der Waals surface area contributed by atoms with E-state index in [-0.39, 0.29) is 11.9 Å². The zero-order valence-corrected chi connectivity index (χ0v) is 14.2. The topological polar surface area (TPSA) is 66.6 Å². The normalized spacial score (nSPS) is 21.6. The van der Waals surface area contributed by atoms with Gasteiger partial charge in [-0.05, 0) is 35.6 Å². The van der Waals surface area contributed by atoms with Crippen LogP contribution in [0.2, 0.25) is 0 Å². The first-order chi connectivity index (χ1) is 12.1. The number of urea groups is 1. The summed E-state index contributed by atoms with van der Waals surface area (Å²) in [7, 11) is 0. The summed E-state index contributed by atoms with van der Waals surface area (Å²) in [4.78, 5) is 28.7. The number of benzene rings is 2. The zero-order chi connectivity index (χ0) is 17.6. The fourth-order valence-corrected chi connectivity index (χ4v) is 3.99. The molecule has 0 saturated heterocycles. The van der Waals surface area contributed by atoms with E-state index >= 15 is 0 Å². The molecule has 2 aliphatic rings. The SMILES string of the molecule is C[C@@H]1Cc2ccccc2CN1C(=O)C1c2ccccc2CN1C(N)=O. The van der Waals surface area contributed by atoms with Crippen molar-refractivity contribution in [3.63, 3.8) is 0 Å². The maximum atomic E-state index is 13.4. The summed E-state index contributed by atoms with van der Waals surface area (Å²) in [5.41, 5.74) is 9.90. The molecule has 0 spiro atoms. The van der Waals surface area contributed by atoms with Crippen LogP contribution in [0.3, 0.4) is 0 Å². The van der Waals surface area contributed by atoms with Gasteiger partial charge in [0, 0.05) is 19.1 Å². The Balaban J connectivity index is 1.69. The molecule has 2 aliphatic heterocycles. The van der Waals surface area contributed by atoms with Gasteiger partial charge in [0.1, 0.15) is 6.04 Å². The number of primary amides is 1. The van der Waals surface area contributed by atoms with E-state index in [0.29, 0.717) is 13.1 Å². The summed E-state index contributed by atoms with van der Waals surface area (Å²) in [5.74, 6) is -0.0502. The van der Waals surface area contributed by atoms with Crippen molar-refractivity contribution in [2.24, 2.45) is 5.73 Å². The summed E-state index contributed by atoms with van der Waals surface area (Å²) in [6.45, 7) is 3.02. The van der Waals surface area contributed by atoms with Crippen LogP contribution in [0.4, 0.5) is 4.79 Å². The maximum absolute atomic E-state index is 13.4. The third kappa shape index (κ3) is 2.56. The number of carbonyl (C=O) groups excluding carboxylic acids is 2. The fraction of sp³-hybridized carbons (Fsp3) is 0.300. The molecule has 0 bridgehead atoms. The van der Waals surface area contributed by atoms with Crippen molar-refractivity contribution in [1.29, 1.82) is 0 Å². The number of hydrogen-bond donors (Lipinski definition) is 1. The molecule has 0 saturated carbocycles. The lowest BCUT2D eigenvalue weighted by Crippen LogP contribution is -2.49. The van der Waals surface area contributed by atoms with Gasteiger partial charge in [-0.1, -0.05) is 48.5 Å². The number of fused-ring (bicyclic) bond motifs is 2. The third-order valence-corrected chi connectivity index (χ3v) is 5.31. The minimum atomic E-state index is -0.624. The Morgan fingerprint density at radius 1 is 0.920 bits per heavy atom. The van der Waals surface area contributed by atoms with Crippen LogP contribution in [-0.2, 0) is 24.3 Å². The predicted molar refractivity (Wildman–Crippen MR) is 94.5 cm³/mol. The second kappa shape index (κ2) is 5.92. The summed E-state index contributed by atoms with van der Waals surface area (Å²) < 4.78 is 0. The second-order valence-electron chi connectivity index (χ2n) is 6.86. The Hall–Kier alpha value is -2.82. The smallest absolute Gasteiger partial charge is 0.316 e. The lowest BCUT2D eigenvalue weighted by atomic mass is 9.93. The quantitative estimate of drug-likeness (QED) is 0.870. The average Bonchev–Trinajstić information content (AvgIpc) is 3.00. The molecular weight excluding hydrogens is 314 g/mol. The van der Waals surface area contributed by atoms with Gasteiger partial charge in [0.15, 0.2) is 0 Å². The van der Waals surface area contributed by atoms with Crippen LogP contribution in [0.15, 0.2) is 48.5 Å². The second-order valence-corrected chi connectivity index (χ2v) is 6.86. The van der Waals surface area contributed by atoms with E-state index in [0.717, 1.165) is 17.5 Å². The Morgan fingerprint density at radius 3 is 2.24 bits per heavy atom. The minimum Gasteiger partial charge on any atom is -0.351 e. The number of amides is 3. The number of nitrogens with zero attached hydrogens (tertiary/aromatic N) is 2. The molecule has 25 heavy (non-hydrogen) atoms. The molecule has 3 amide bonds. The lowest BCUT2D eigenvalue weighted by Gasteiger charge is -2.38. The number of carbonyl (C=O) groups is 2. The van der Waals surface area contributed by atoms with Gasteiger partial charge in [-0.15, -0.1) is 0 Å². The minimum absolute atomic E-state index is 0.0502. The monoisotopic (exact) mass is 335 g/mol. The Labute approximate surface area is 147 Å². The summed E-state index contributed by atoms with van der Waals surface area (Å²) in [5, 5.41) is 0. The summed E-state index contributed by atoms with van der Waals surface area (Å²) in [6.07, 6.45) is 0.826. The number of nitrogens with two attached hydrogens (primary N) is 1. The average molecular weight is 335 g/mol. The highest BCUT2D eigenvalue weighted by molar-refractivity contribution is 5.89. The lowest BCUT2D eigenvalue weighted by molar-refractivity contribution is -0.139. The van der Waals surface area contributed by atoms with E-state index in [1.54, 1.807) is 0 Å². The fourth-order valence-electron chi connectivity index (χ4n) is 3.99. The van der Waals surface area contributed by atoms with Crippen molar-refractivity contribution >= 4 is 11.9 Å². The van der Waals surface area contributed by atoms with Crippen LogP contribution in [0.1, 0.15) is 35.2 Å². The molecule has 0 aromatic heterocycles. The molecule has 4 rings (SSSR count). The van der Waals surface area contributed by atoms with Crippen molar-refractivity contribution in [2.75, 3.05) is 0 Å². The third-order valence-electron chi connectivity index (χ3n) is 5.31. The van der Waals surface area contributed by atoms with Crippen LogP contribution in [0.25, 0.3) is 0 Å². The van der Waals surface area contributed by atoms with Crippen LogP contribution < -0.4 is 5.73 Å². The molecule has 5 nitrogen and oxygen atoms in total. The van der Waals surface area contributed by atoms with E-state index in [1.807, 2.05) is 41.3 Å². The first kappa shape index (κ1) is 15.7. The van der Waals surface area contributed by atoms with Gasteiger partial charge >= 0.3 is 6.03 Å². The van der Waals surface area contributed by atoms with Gasteiger partial charge in [-0.2, -0.15) is 0 Å². The molecule has 0 radical (unpaired) electrons. The van der Waals surface area contributed by atoms with Gasteiger partial charge in [-0.3, -0.25) is 4.79 Å². The molecule has 5 heteroatoms. The highest BCUT2D eigenvalue weighted by Crippen LogP contribution is 2.36. The molecule has 2 aromatic carbocycles. The summed E-state index contributed by atoms with van der Waals surface area (Å²) >= 11 is 0. The van der Waals surface area contributed by atoms with Crippen LogP contribution in [0, 0.1) is 0 Å². The molecule has 2 aromatic rings. The molecule has 2 atom stereocenters. The Bertz CT molecular complexity index is 848. The van der Waals surface area contributed by atoms with Crippen molar-refractivity contribution < 1.29 is 9.59 Å². The Morgan fingerprint density at radius 2 is 1.52 bits per heavy atom. The van der Waals surface area contributed by atoms with Gasteiger partial charge in [0.25, 0.3) is 5.91 Å². The van der Waals surface area contributed by atoms with Crippen molar-refractivity contribution in [3.05, 3.63) is 70.8 Å². The van der Waals surface area contributed by atoms with Gasteiger partial charge in [0.05, 0.1) is 0 Å². The van der Waals surface area contributed by atoms with Gasteiger partial charge in [0.2, 0.25) is 0 Å². The van der Waals surface area contributed by atoms with Crippen molar-refractivity contribution in [2.45, 2.75) is 38.5 Å². The summed E-state index contributed by atoms with van der Waals surface area (Å²) in [6, 6.07) is 14.8. The number of rotatable bonds is 1. The first-order valence-electron chi connectivity index (χ1n) is 8.57. The van der Waals surface area contributed by atoms with Crippen LogP contribution in [0.5, 0.6) is 0 Å². The van der Waals surface area contributed by atoms with Crippen LogP contribution in [-0.4, -0.2) is 27.8 Å². The van der Waals surface area contributed by atoms with Crippen molar-refractivity contribution in [3.8, 4) is 0 Å². The molecule has 128 valence electrons. The predicted octanol–water partition coefficient (Wildman–Crippen LogP) is 2.60. The zero-order valence-electron chi connectivity index (χ0n) is 14.2. The number of hydrogen-bond acceptors (Lipinski definition) is 2. The highest BCUT2D eigenvalue weighted by atomic mass is 16.2. The van der Waals surface area contributed by atoms with Gasteiger partial charge < -0.3 is 15.5 Å². The van der Waals surface area contributed by atoms with E-state index in [1.165, 1.54) is 16.0 Å². The standard InChI is InChI=1S/C20H21N3O2/c1-13-10-14-6-2-3-7-15(14)11-22(13)19(24)18-17-9-5-4-8-16(17)12-23(18)20(21)25/h2-9,13,18H,10-12H2,1H3,(H2,21,25)/t13-,18?/m1/s1. The molecular formula is C20H21N3O2.